The number of rotatable bonds is 4. The first-order valence-corrected chi connectivity index (χ1v) is 6.88. The van der Waals surface area contributed by atoms with Crippen LogP contribution in [0, 0.1) is 5.41 Å². The smallest absolute Gasteiger partial charge is 0.237 e. The summed E-state index contributed by atoms with van der Waals surface area (Å²) in [6.07, 6.45) is 7.74. The Morgan fingerprint density at radius 2 is 2.06 bits per heavy atom. The molecular weight excluding hydrogens is 216 g/mol. The standard InChI is InChI=1S/C13H24N2O2/c16-10-13(6-2-1-3-7-13)9-15-12(17)11-5-4-8-14-11/h11,14,16H,1-10H2,(H,15,17)/t11-/m0/s1. The van der Waals surface area contributed by atoms with Gasteiger partial charge in [-0.3, -0.25) is 4.79 Å². The van der Waals surface area contributed by atoms with E-state index < -0.39 is 0 Å². The lowest BCUT2D eigenvalue weighted by molar-refractivity contribution is -0.123. The number of aliphatic hydroxyl groups excluding tert-OH is 1. The fourth-order valence-electron chi connectivity index (χ4n) is 3.00. The third kappa shape index (κ3) is 3.19. The number of aliphatic hydroxyl groups is 1. The Morgan fingerprint density at radius 3 is 2.65 bits per heavy atom. The Balaban J connectivity index is 1.80. The number of nitrogens with one attached hydrogen (secondary N) is 2. The summed E-state index contributed by atoms with van der Waals surface area (Å²) in [6.45, 7) is 1.79. The average molecular weight is 240 g/mol. The lowest BCUT2D eigenvalue weighted by atomic mass is 9.74. The van der Waals surface area contributed by atoms with Gasteiger partial charge >= 0.3 is 0 Å². The van der Waals surface area contributed by atoms with Crippen LogP contribution in [0.1, 0.15) is 44.9 Å². The zero-order valence-corrected chi connectivity index (χ0v) is 10.5. The van der Waals surface area contributed by atoms with Crippen LogP contribution in [-0.4, -0.2) is 36.8 Å². The maximum Gasteiger partial charge on any atom is 0.237 e. The number of hydrogen-bond donors (Lipinski definition) is 3. The Bertz CT molecular complexity index is 256. The van der Waals surface area contributed by atoms with E-state index in [-0.39, 0.29) is 24.0 Å². The van der Waals surface area contributed by atoms with Crippen molar-refractivity contribution in [1.82, 2.24) is 10.6 Å². The van der Waals surface area contributed by atoms with Crippen molar-refractivity contribution in [3.05, 3.63) is 0 Å². The molecule has 3 N–H and O–H groups in total. The third-order valence-corrected chi connectivity index (χ3v) is 4.26. The quantitative estimate of drug-likeness (QED) is 0.681. The molecule has 4 heteroatoms. The second-order valence-electron chi connectivity index (χ2n) is 5.59. The van der Waals surface area contributed by atoms with Gasteiger partial charge in [0.2, 0.25) is 5.91 Å². The van der Waals surface area contributed by atoms with Crippen molar-refractivity contribution in [2.75, 3.05) is 19.7 Å². The predicted molar refractivity (Wildman–Crippen MR) is 66.6 cm³/mol. The molecular formula is C13H24N2O2. The van der Waals surface area contributed by atoms with Gasteiger partial charge in [-0.05, 0) is 32.2 Å². The van der Waals surface area contributed by atoms with Crippen molar-refractivity contribution in [2.24, 2.45) is 5.41 Å². The van der Waals surface area contributed by atoms with Crippen molar-refractivity contribution in [1.29, 1.82) is 0 Å². The minimum atomic E-state index is -0.0491. The van der Waals surface area contributed by atoms with Crippen molar-refractivity contribution < 1.29 is 9.90 Å². The van der Waals surface area contributed by atoms with Gasteiger partial charge < -0.3 is 15.7 Å². The molecule has 1 aliphatic carbocycles. The van der Waals surface area contributed by atoms with E-state index in [1.165, 1.54) is 19.3 Å². The van der Waals surface area contributed by atoms with E-state index >= 15 is 0 Å². The number of hydrogen-bond acceptors (Lipinski definition) is 3. The molecule has 0 bridgehead atoms. The van der Waals surface area contributed by atoms with Crippen LogP contribution in [0.2, 0.25) is 0 Å². The van der Waals surface area contributed by atoms with E-state index in [9.17, 15) is 9.90 Å². The summed E-state index contributed by atoms with van der Waals surface area (Å²) < 4.78 is 0. The van der Waals surface area contributed by atoms with Crippen molar-refractivity contribution in [2.45, 2.75) is 51.0 Å². The molecule has 4 nitrogen and oxygen atoms in total. The monoisotopic (exact) mass is 240 g/mol. The van der Waals surface area contributed by atoms with Crippen LogP contribution in [0.4, 0.5) is 0 Å². The van der Waals surface area contributed by atoms with E-state index in [4.69, 9.17) is 0 Å². The van der Waals surface area contributed by atoms with Gasteiger partial charge in [-0.25, -0.2) is 0 Å². The maximum absolute atomic E-state index is 11.9. The number of carbonyl (C=O) groups is 1. The second-order valence-corrected chi connectivity index (χ2v) is 5.59. The van der Waals surface area contributed by atoms with Gasteiger partial charge in [0.1, 0.15) is 0 Å². The van der Waals surface area contributed by atoms with E-state index in [0.717, 1.165) is 32.2 Å². The molecule has 1 saturated carbocycles. The molecule has 0 spiro atoms. The molecule has 17 heavy (non-hydrogen) atoms. The zero-order chi connectivity index (χ0) is 12.1. The minimum absolute atomic E-state index is 0.00525. The van der Waals surface area contributed by atoms with Gasteiger partial charge in [0.25, 0.3) is 0 Å². The summed E-state index contributed by atoms with van der Waals surface area (Å²) in [7, 11) is 0. The summed E-state index contributed by atoms with van der Waals surface area (Å²) in [5.41, 5.74) is -0.0491. The highest BCUT2D eigenvalue weighted by Gasteiger charge is 2.32. The van der Waals surface area contributed by atoms with E-state index in [1.54, 1.807) is 0 Å². The van der Waals surface area contributed by atoms with Crippen molar-refractivity contribution in [3.63, 3.8) is 0 Å². The van der Waals surface area contributed by atoms with E-state index in [2.05, 4.69) is 10.6 Å². The predicted octanol–water partition coefficient (Wildman–Crippen LogP) is 0.797. The molecule has 0 unspecified atom stereocenters. The Hall–Kier alpha value is -0.610. The number of carbonyl (C=O) groups excluding carboxylic acids is 1. The van der Waals surface area contributed by atoms with Crippen LogP contribution in [-0.2, 0) is 4.79 Å². The highest BCUT2D eigenvalue weighted by molar-refractivity contribution is 5.82. The zero-order valence-electron chi connectivity index (χ0n) is 10.5. The fourth-order valence-corrected chi connectivity index (χ4v) is 3.00. The second kappa shape index (κ2) is 5.83. The molecule has 1 saturated heterocycles. The largest absolute Gasteiger partial charge is 0.396 e. The SMILES string of the molecule is O=C(NCC1(CO)CCCCC1)[C@@H]1CCCN1. The normalized spacial score (nSPS) is 27.9. The summed E-state index contributed by atoms with van der Waals surface area (Å²) in [5, 5.41) is 15.8. The van der Waals surface area contributed by atoms with Crippen LogP contribution in [0.15, 0.2) is 0 Å². The molecule has 0 aromatic carbocycles. The Labute approximate surface area is 103 Å². The molecule has 1 aliphatic heterocycles. The lowest BCUT2D eigenvalue weighted by Gasteiger charge is -2.35. The van der Waals surface area contributed by atoms with Crippen LogP contribution >= 0.6 is 0 Å². The Morgan fingerprint density at radius 1 is 1.29 bits per heavy atom. The third-order valence-electron chi connectivity index (χ3n) is 4.26. The highest BCUT2D eigenvalue weighted by Crippen LogP contribution is 2.35. The minimum Gasteiger partial charge on any atom is -0.396 e. The van der Waals surface area contributed by atoms with Crippen LogP contribution in [0.3, 0.4) is 0 Å². The molecule has 1 atom stereocenters. The fraction of sp³-hybridized carbons (Fsp3) is 0.923. The Kier molecular flexibility index (Phi) is 4.40. The molecule has 0 aromatic heterocycles. The van der Waals surface area contributed by atoms with Gasteiger partial charge in [-0.15, -0.1) is 0 Å². The maximum atomic E-state index is 11.9. The molecule has 2 rings (SSSR count). The first-order chi connectivity index (χ1) is 8.26. The molecule has 2 aliphatic rings. The van der Waals surface area contributed by atoms with Gasteiger partial charge in [0.15, 0.2) is 0 Å². The highest BCUT2D eigenvalue weighted by atomic mass is 16.3. The van der Waals surface area contributed by atoms with E-state index in [0.29, 0.717) is 6.54 Å². The van der Waals surface area contributed by atoms with E-state index in [1.807, 2.05) is 0 Å². The van der Waals surface area contributed by atoms with Crippen LogP contribution in [0.25, 0.3) is 0 Å². The van der Waals surface area contributed by atoms with Crippen molar-refractivity contribution >= 4 is 5.91 Å². The summed E-state index contributed by atoms with van der Waals surface area (Å²) in [4.78, 5) is 11.9. The van der Waals surface area contributed by atoms with Gasteiger partial charge in [0, 0.05) is 12.0 Å². The molecule has 2 fully saturated rings. The molecule has 1 heterocycles. The average Bonchev–Trinajstić information content (AvgIpc) is 2.91. The van der Waals surface area contributed by atoms with Gasteiger partial charge in [-0.2, -0.15) is 0 Å². The number of amides is 1. The molecule has 0 aromatic rings. The topological polar surface area (TPSA) is 61.4 Å². The van der Waals surface area contributed by atoms with Gasteiger partial charge in [-0.1, -0.05) is 19.3 Å². The molecule has 0 radical (unpaired) electrons. The first kappa shape index (κ1) is 12.8. The van der Waals surface area contributed by atoms with Crippen LogP contribution in [0.5, 0.6) is 0 Å². The van der Waals surface area contributed by atoms with Crippen molar-refractivity contribution in [3.8, 4) is 0 Å². The lowest BCUT2D eigenvalue weighted by Crippen LogP contribution is -2.47. The summed E-state index contributed by atoms with van der Waals surface area (Å²) >= 11 is 0. The molecule has 1 amide bonds. The van der Waals surface area contributed by atoms with Crippen LogP contribution < -0.4 is 10.6 Å². The molecule has 98 valence electrons. The van der Waals surface area contributed by atoms with Gasteiger partial charge in [0.05, 0.1) is 12.6 Å². The summed E-state index contributed by atoms with van der Waals surface area (Å²) in [5.74, 6) is 0.112. The summed E-state index contributed by atoms with van der Waals surface area (Å²) in [6, 6.07) is -0.00525. The first-order valence-electron chi connectivity index (χ1n) is 6.88.